The number of amides is 1. The van der Waals surface area contributed by atoms with Gasteiger partial charge < -0.3 is 10.1 Å². The van der Waals surface area contributed by atoms with Gasteiger partial charge in [0.25, 0.3) is 15.7 Å². The molecule has 3 aromatic rings. The average Bonchev–Trinajstić information content (AvgIpc) is 2.79. The molecule has 35 heavy (non-hydrogen) atoms. The summed E-state index contributed by atoms with van der Waals surface area (Å²) in [6.45, 7) is 0.731. The fourth-order valence-corrected chi connectivity index (χ4v) is 5.26. The number of carbonyl (C=O) groups is 1. The van der Waals surface area contributed by atoms with Gasteiger partial charge in [-0.3, -0.25) is 19.2 Å². The van der Waals surface area contributed by atoms with E-state index in [0.717, 1.165) is 10.4 Å². The van der Waals surface area contributed by atoms with Gasteiger partial charge in [-0.2, -0.15) is 0 Å². The van der Waals surface area contributed by atoms with E-state index in [4.69, 9.17) is 39.5 Å². The van der Waals surface area contributed by atoms with Gasteiger partial charge in [0.2, 0.25) is 5.91 Å². The molecule has 0 bridgehead atoms. The number of ether oxygens (including phenoxy) is 1. The molecule has 1 amide bonds. The number of nitrogens with one attached hydrogen (secondary N) is 1. The first-order chi connectivity index (χ1) is 16.4. The van der Waals surface area contributed by atoms with Crippen molar-refractivity contribution >= 4 is 67.8 Å². The van der Waals surface area contributed by atoms with Crippen molar-refractivity contribution in [3.8, 4) is 5.75 Å². The van der Waals surface area contributed by atoms with Gasteiger partial charge in [0.05, 0.1) is 38.3 Å². The Kier molecular flexibility index (Phi) is 8.11. The van der Waals surface area contributed by atoms with Crippen LogP contribution in [0.4, 0.5) is 17.1 Å². The number of nitro benzene ring substituents is 1. The zero-order valence-electron chi connectivity index (χ0n) is 18.3. The van der Waals surface area contributed by atoms with Crippen LogP contribution in [0, 0.1) is 17.0 Å². The third kappa shape index (κ3) is 5.79. The van der Waals surface area contributed by atoms with Crippen molar-refractivity contribution in [2.24, 2.45) is 0 Å². The molecule has 3 rings (SSSR count). The Hall–Kier alpha value is -3.05. The molecule has 0 saturated heterocycles. The van der Waals surface area contributed by atoms with Crippen molar-refractivity contribution in [2.45, 2.75) is 11.8 Å². The summed E-state index contributed by atoms with van der Waals surface area (Å²) in [5.41, 5.74) is -0.0748. The highest BCUT2D eigenvalue weighted by molar-refractivity contribution is 7.92. The number of anilines is 2. The minimum absolute atomic E-state index is 0.0522. The van der Waals surface area contributed by atoms with Gasteiger partial charge in [-0.1, -0.05) is 46.9 Å². The maximum Gasteiger partial charge on any atom is 0.273 e. The Morgan fingerprint density at radius 1 is 1.09 bits per heavy atom. The fourth-order valence-electron chi connectivity index (χ4n) is 3.16. The summed E-state index contributed by atoms with van der Waals surface area (Å²) in [7, 11) is -3.20. The zero-order valence-corrected chi connectivity index (χ0v) is 21.4. The average molecular weight is 559 g/mol. The summed E-state index contributed by atoms with van der Waals surface area (Å²) < 4.78 is 33.4. The summed E-state index contributed by atoms with van der Waals surface area (Å²) >= 11 is 18.3. The lowest BCUT2D eigenvalue weighted by molar-refractivity contribution is -0.385. The van der Waals surface area contributed by atoms with E-state index in [2.05, 4.69) is 5.32 Å². The molecule has 0 saturated carbocycles. The van der Waals surface area contributed by atoms with E-state index in [1.54, 1.807) is 6.07 Å². The molecule has 9 nitrogen and oxygen atoms in total. The van der Waals surface area contributed by atoms with Crippen molar-refractivity contribution in [3.63, 3.8) is 0 Å². The molecule has 0 aliphatic rings. The van der Waals surface area contributed by atoms with Gasteiger partial charge in [-0.05, 0) is 43.3 Å². The summed E-state index contributed by atoms with van der Waals surface area (Å²) in [5.74, 6) is -0.685. The van der Waals surface area contributed by atoms with Crippen LogP contribution >= 0.6 is 34.8 Å². The molecule has 1 N–H and O–H groups in total. The normalized spacial score (nSPS) is 11.1. The number of para-hydroxylation sites is 1. The third-order valence-electron chi connectivity index (χ3n) is 4.89. The van der Waals surface area contributed by atoms with E-state index < -0.39 is 38.0 Å². The van der Waals surface area contributed by atoms with Crippen molar-refractivity contribution in [2.75, 3.05) is 23.3 Å². The molecule has 0 radical (unpaired) electrons. The van der Waals surface area contributed by atoms with Crippen LogP contribution in [0.25, 0.3) is 0 Å². The molecule has 0 aliphatic carbocycles. The van der Waals surface area contributed by atoms with Gasteiger partial charge in [-0.25, -0.2) is 8.42 Å². The van der Waals surface area contributed by atoms with E-state index in [1.807, 2.05) is 0 Å². The predicted molar refractivity (Wildman–Crippen MR) is 135 cm³/mol. The van der Waals surface area contributed by atoms with Crippen LogP contribution in [0.3, 0.4) is 0 Å². The minimum Gasteiger partial charge on any atom is -0.495 e. The standard InChI is InChI=1S/C22H18Cl3N3O6S/c1-13-6-8-15(11-18(13)28(30)31)35(32,33)27(19-10-14(23)7-9-20(19)34-2)12-21(29)26-22-16(24)4-3-5-17(22)25/h3-11H,12H2,1-2H3,(H,26,29). The van der Waals surface area contributed by atoms with E-state index >= 15 is 0 Å². The van der Waals surface area contributed by atoms with Gasteiger partial charge in [0.1, 0.15) is 12.3 Å². The number of nitro groups is 1. The Balaban J connectivity index is 2.12. The summed E-state index contributed by atoms with van der Waals surface area (Å²) in [6.07, 6.45) is 0. The highest BCUT2D eigenvalue weighted by Gasteiger charge is 2.31. The largest absolute Gasteiger partial charge is 0.495 e. The summed E-state index contributed by atoms with van der Waals surface area (Å²) in [4.78, 5) is 23.3. The molecule has 0 atom stereocenters. The van der Waals surface area contributed by atoms with Crippen LogP contribution in [0.5, 0.6) is 5.75 Å². The molecule has 13 heteroatoms. The minimum atomic E-state index is -4.52. The van der Waals surface area contributed by atoms with Crippen LogP contribution < -0.4 is 14.4 Å². The molecule has 3 aromatic carbocycles. The van der Waals surface area contributed by atoms with E-state index in [0.29, 0.717) is 0 Å². The number of hydrogen-bond donors (Lipinski definition) is 1. The second-order valence-corrected chi connectivity index (χ2v) is 10.3. The molecular formula is C22H18Cl3N3O6S. The molecule has 0 fully saturated rings. The maximum atomic E-state index is 13.7. The molecule has 184 valence electrons. The first kappa shape index (κ1) is 26.6. The van der Waals surface area contributed by atoms with Crippen molar-refractivity contribution in [3.05, 3.63) is 85.3 Å². The fraction of sp³-hybridized carbons (Fsp3) is 0.136. The zero-order chi connectivity index (χ0) is 25.9. The third-order valence-corrected chi connectivity index (χ3v) is 7.51. The Morgan fingerprint density at radius 3 is 2.34 bits per heavy atom. The molecule has 0 aromatic heterocycles. The highest BCUT2D eigenvalue weighted by Crippen LogP contribution is 2.36. The monoisotopic (exact) mass is 557 g/mol. The predicted octanol–water partition coefficient (Wildman–Crippen LogP) is 5.71. The lowest BCUT2D eigenvalue weighted by Crippen LogP contribution is -2.38. The quantitative estimate of drug-likeness (QED) is 0.280. The number of aryl methyl sites for hydroxylation is 1. The molecule has 0 aliphatic heterocycles. The smallest absolute Gasteiger partial charge is 0.273 e. The summed E-state index contributed by atoms with van der Waals surface area (Å²) in [6, 6.07) is 12.3. The molecule has 0 spiro atoms. The number of carbonyl (C=O) groups excluding carboxylic acids is 1. The molecular weight excluding hydrogens is 541 g/mol. The number of rotatable bonds is 8. The number of methoxy groups -OCH3 is 1. The topological polar surface area (TPSA) is 119 Å². The highest BCUT2D eigenvalue weighted by atomic mass is 35.5. The van der Waals surface area contributed by atoms with E-state index in [-0.39, 0.29) is 37.8 Å². The first-order valence-corrected chi connectivity index (χ1v) is 12.4. The van der Waals surface area contributed by atoms with Gasteiger partial charge in [0, 0.05) is 16.7 Å². The van der Waals surface area contributed by atoms with Crippen LogP contribution in [-0.4, -0.2) is 32.9 Å². The van der Waals surface area contributed by atoms with Gasteiger partial charge in [-0.15, -0.1) is 0 Å². The van der Waals surface area contributed by atoms with E-state index in [1.165, 1.54) is 56.5 Å². The van der Waals surface area contributed by atoms with Gasteiger partial charge in [0.15, 0.2) is 0 Å². The number of sulfonamides is 1. The molecule has 0 heterocycles. The number of benzene rings is 3. The number of nitrogens with zero attached hydrogens (tertiary/aromatic N) is 2. The van der Waals surface area contributed by atoms with Gasteiger partial charge >= 0.3 is 0 Å². The maximum absolute atomic E-state index is 13.7. The number of hydrogen-bond acceptors (Lipinski definition) is 6. The Labute approximate surface area is 216 Å². The first-order valence-electron chi connectivity index (χ1n) is 9.81. The second kappa shape index (κ2) is 10.7. The Morgan fingerprint density at radius 2 is 1.74 bits per heavy atom. The van der Waals surface area contributed by atoms with Crippen LogP contribution in [0.1, 0.15) is 5.56 Å². The van der Waals surface area contributed by atoms with Crippen molar-refractivity contribution < 1.29 is 22.9 Å². The second-order valence-electron chi connectivity index (χ2n) is 7.18. The van der Waals surface area contributed by atoms with E-state index in [9.17, 15) is 23.3 Å². The lowest BCUT2D eigenvalue weighted by atomic mass is 10.2. The lowest BCUT2D eigenvalue weighted by Gasteiger charge is -2.26. The SMILES string of the molecule is COc1ccc(Cl)cc1N(CC(=O)Nc1c(Cl)cccc1Cl)S(=O)(=O)c1ccc(C)c([N+](=O)[O-])c1. The van der Waals surface area contributed by atoms with Crippen LogP contribution in [-0.2, 0) is 14.8 Å². The number of halogens is 3. The summed E-state index contributed by atoms with van der Waals surface area (Å²) in [5, 5.41) is 14.4. The Bertz CT molecular complexity index is 1400. The molecule has 0 unspecified atom stereocenters. The van der Waals surface area contributed by atoms with Crippen LogP contribution in [0.2, 0.25) is 15.1 Å². The van der Waals surface area contributed by atoms with Crippen LogP contribution in [0.15, 0.2) is 59.5 Å². The van der Waals surface area contributed by atoms with Crippen molar-refractivity contribution in [1.82, 2.24) is 0 Å². The van der Waals surface area contributed by atoms with Crippen molar-refractivity contribution in [1.29, 1.82) is 0 Å².